The van der Waals surface area contributed by atoms with Crippen molar-refractivity contribution in [3.05, 3.63) is 41.2 Å². The van der Waals surface area contributed by atoms with Gasteiger partial charge in [0, 0.05) is 0 Å². The molecule has 0 radical (unpaired) electrons. The summed E-state index contributed by atoms with van der Waals surface area (Å²) in [6.45, 7) is 0. The Morgan fingerprint density at radius 3 is 2.35 bits per heavy atom. The molecule has 0 unspecified atom stereocenters. The molecule has 1 heterocycles. The smallest absolute Gasteiger partial charge is 0.349 e. The van der Waals surface area contributed by atoms with Crippen molar-refractivity contribution < 1.29 is 19.0 Å². The van der Waals surface area contributed by atoms with E-state index in [2.05, 4.69) is 14.7 Å². The Labute approximate surface area is 120 Å². The number of halogens is 1. The number of methoxy groups -OCH3 is 2. The molecule has 104 valence electrons. The van der Waals surface area contributed by atoms with Gasteiger partial charge in [-0.3, -0.25) is 0 Å². The number of hydrogen-bond donors (Lipinski definition) is 0. The number of esters is 1. The first kappa shape index (κ1) is 14.1. The second-order valence-corrected chi connectivity index (χ2v) is 3.93. The Morgan fingerprint density at radius 2 is 1.75 bits per heavy atom. The zero-order valence-electron chi connectivity index (χ0n) is 10.8. The van der Waals surface area contributed by atoms with Gasteiger partial charge in [0.25, 0.3) is 0 Å². The summed E-state index contributed by atoms with van der Waals surface area (Å²) in [5, 5.41) is -0.0968. The SMILES string of the molecule is COC(=O)c1c(OC)nc(Cl)nc1Oc1ccccc1. The predicted octanol–water partition coefficient (Wildman–Crippen LogP) is 2.72. The number of para-hydroxylation sites is 1. The van der Waals surface area contributed by atoms with Gasteiger partial charge in [-0.05, 0) is 23.7 Å². The van der Waals surface area contributed by atoms with Crippen molar-refractivity contribution in [2.45, 2.75) is 0 Å². The molecule has 0 bridgehead atoms. The average molecular weight is 295 g/mol. The Bertz CT molecular complexity index is 619. The van der Waals surface area contributed by atoms with Gasteiger partial charge in [0.1, 0.15) is 5.75 Å². The van der Waals surface area contributed by atoms with Gasteiger partial charge in [0.05, 0.1) is 14.2 Å². The molecule has 0 saturated carbocycles. The molecular weight excluding hydrogens is 284 g/mol. The third-order valence-electron chi connectivity index (χ3n) is 2.36. The molecule has 0 spiro atoms. The van der Waals surface area contributed by atoms with Gasteiger partial charge in [0.2, 0.25) is 17.0 Å². The molecule has 0 N–H and O–H groups in total. The predicted molar refractivity (Wildman–Crippen MR) is 71.4 cm³/mol. The zero-order valence-corrected chi connectivity index (χ0v) is 11.5. The molecule has 6 nitrogen and oxygen atoms in total. The van der Waals surface area contributed by atoms with Gasteiger partial charge >= 0.3 is 5.97 Å². The van der Waals surface area contributed by atoms with Crippen LogP contribution in [-0.4, -0.2) is 30.2 Å². The topological polar surface area (TPSA) is 70.5 Å². The third kappa shape index (κ3) is 2.97. The maximum atomic E-state index is 11.8. The number of carbonyl (C=O) groups is 1. The lowest BCUT2D eigenvalue weighted by atomic mass is 10.3. The molecule has 2 rings (SSSR count). The van der Waals surface area contributed by atoms with Crippen LogP contribution in [0.2, 0.25) is 5.28 Å². The highest BCUT2D eigenvalue weighted by atomic mass is 35.5. The van der Waals surface area contributed by atoms with Crippen molar-refractivity contribution in [3.63, 3.8) is 0 Å². The molecule has 0 aliphatic carbocycles. The average Bonchev–Trinajstić information content (AvgIpc) is 2.47. The van der Waals surface area contributed by atoms with Crippen LogP contribution in [0, 0.1) is 0 Å². The fourth-order valence-electron chi connectivity index (χ4n) is 1.49. The van der Waals surface area contributed by atoms with Crippen LogP contribution in [0.1, 0.15) is 10.4 Å². The van der Waals surface area contributed by atoms with Crippen LogP contribution in [0.15, 0.2) is 30.3 Å². The van der Waals surface area contributed by atoms with Gasteiger partial charge in [-0.15, -0.1) is 0 Å². The van der Waals surface area contributed by atoms with Crippen LogP contribution >= 0.6 is 11.6 Å². The first-order chi connectivity index (χ1) is 9.65. The van der Waals surface area contributed by atoms with Crippen LogP contribution in [0.25, 0.3) is 0 Å². The number of aromatic nitrogens is 2. The maximum absolute atomic E-state index is 11.8. The van der Waals surface area contributed by atoms with E-state index in [1.165, 1.54) is 14.2 Å². The fraction of sp³-hybridized carbons (Fsp3) is 0.154. The minimum atomic E-state index is -0.676. The molecule has 0 aliphatic rings. The molecular formula is C13H11ClN2O4. The normalized spacial score (nSPS) is 9.95. The first-order valence-corrected chi connectivity index (χ1v) is 5.96. The molecule has 1 aromatic heterocycles. The van der Waals surface area contributed by atoms with E-state index >= 15 is 0 Å². The van der Waals surface area contributed by atoms with Gasteiger partial charge in [-0.25, -0.2) is 4.79 Å². The van der Waals surface area contributed by atoms with Gasteiger partial charge in [-0.2, -0.15) is 9.97 Å². The Morgan fingerprint density at radius 1 is 1.10 bits per heavy atom. The number of benzene rings is 1. The summed E-state index contributed by atoms with van der Waals surface area (Å²) in [6.07, 6.45) is 0. The van der Waals surface area contributed by atoms with Gasteiger partial charge in [-0.1, -0.05) is 18.2 Å². The summed E-state index contributed by atoms with van der Waals surface area (Å²) in [7, 11) is 2.60. The Balaban J connectivity index is 2.50. The summed E-state index contributed by atoms with van der Waals surface area (Å²) in [5.41, 5.74) is -0.0248. The van der Waals surface area contributed by atoms with Crippen LogP contribution < -0.4 is 9.47 Å². The number of ether oxygens (including phenoxy) is 3. The van der Waals surface area contributed by atoms with Gasteiger partial charge < -0.3 is 14.2 Å². The van der Waals surface area contributed by atoms with E-state index in [-0.39, 0.29) is 22.6 Å². The van der Waals surface area contributed by atoms with Crippen molar-refractivity contribution >= 4 is 17.6 Å². The van der Waals surface area contributed by atoms with Crippen LogP contribution in [0.5, 0.6) is 17.5 Å². The molecule has 20 heavy (non-hydrogen) atoms. The minimum absolute atomic E-state index is 0.0113. The van der Waals surface area contributed by atoms with E-state index in [4.69, 9.17) is 21.1 Å². The van der Waals surface area contributed by atoms with Crippen LogP contribution in [0.3, 0.4) is 0 Å². The summed E-state index contributed by atoms with van der Waals surface area (Å²) < 4.78 is 15.2. The first-order valence-electron chi connectivity index (χ1n) is 5.58. The van der Waals surface area contributed by atoms with Crippen molar-refractivity contribution in [1.82, 2.24) is 9.97 Å². The monoisotopic (exact) mass is 294 g/mol. The van der Waals surface area contributed by atoms with E-state index in [1.54, 1.807) is 24.3 Å². The molecule has 0 saturated heterocycles. The largest absolute Gasteiger partial charge is 0.480 e. The van der Waals surface area contributed by atoms with E-state index in [0.717, 1.165) is 0 Å². The highest BCUT2D eigenvalue weighted by Crippen LogP contribution is 2.30. The summed E-state index contributed by atoms with van der Waals surface area (Å²) >= 11 is 5.78. The molecule has 7 heteroatoms. The molecule has 2 aromatic rings. The highest BCUT2D eigenvalue weighted by Gasteiger charge is 2.24. The highest BCUT2D eigenvalue weighted by molar-refractivity contribution is 6.28. The van der Waals surface area contributed by atoms with E-state index < -0.39 is 5.97 Å². The zero-order chi connectivity index (χ0) is 14.5. The summed E-state index contributed by atoms with van der Waals surface area (Å²) in [6, 6.07) is 8.83. The van der Waals surface area contributed by atoms with Crippen molar-refractivity contribution in [2.24, 2.45) is 0 Å². The summed E-state index contributed by atoms with van der Waals surface area (Å²) in [5.74, 6) is -0.221. The van der Waals surface area contributed by atoms with E-state index in [9.17, 15) is 4.79 Å². The molecule has 0 fully saturated rings. The Hall–Kier alpha value is -2.34. The lowest BCUT2D eigenvalue weighted by molar-refractivity contribution is 0.0592. The van der Waals surface area contributed by atoms with Crippen LogP contribution in [0.4, 0.5) is 0 Å². The molecule has 0 aliphatic heterocycles. The number of nitrogens with zero attached hydrogens (tertiary/aromatic N) is 2. The second kappa shape index (κ2) is 6.21. The molecule has 0 amide bonds. The van der Waals surface area contributed by atoms with E-state index in [0.29, 0.717) is 5.75 Å². The fourth-order valence-corrected chi connectivity index (χ4v) is 1.65. The number of hydrogen-bond acceptors (Lipinski definition) is 6. The van der Waals surface area contributed by atoms with Crippen molar-refractivity contribution in [2.75, 3.05) is 14.2 Å². The molecule has 1 aromatic carbocycles. The second-order valence-electron chi connectivity index (χ2n) is 3.59. The number of rotatable bonds is 4. The number of carbonyl (C=O) groups excluding carboxylic acids is 1. The Kier molecular flexibility index (Phi) is 4.37. The molecule has 0 atom stereocenters. The van der Waals surface area contributed by atoms with Crippen LogP contribution in [-0.2, 0) is 4.74 Å². The standard InChI is InChI=1S/C13H11ClN2O4/c1-18-10-9(12(17)19-2)11(16-13(14)15-10)20-8-6-4-3-5-7-8/h3-7H,1-2H3. The lowest BCUT2D eigenvalue weighted by Gasteiger charge is -2.11. The quantitative estimate of drug-likeness (QED) is 0.638. The lowest BCUT2D eigenvalue weighted by Crippen LogP contribution is -2.09. The third-order valence-corrected chi connectivity index (χ3v) is 2.52. The maximum Gasteiger partial charge on any atom is 0.349 e. The van der Waals surface area contributed by atoms with Gasteiger partial charge in [0.15, 0.2) is 5.56 Å². The van der Waals surface area contributed by atoms with E-state index in [1.807, 2.05) is 6.07 Å². The summed E-state index contributed by atoms with van der Waals surface area (Å²) in [4.78, 5) is 19.5. The van der Waals surface area contributed by atoms with Crippen molar-refractivity contribution in [1.29, 1.82) is 0 Å². The minimum Gasteiger partial charge on any atom is -0.480 e. The van der Waals surface area contributed by atoms with Crippen molar-refractivity contribution in [3.8, 4) is 17.5 Å².